The molecule has 0 aliphatic rings. The second-order valence-corrected chi connectivity index (χ2v) is 7.88. The van der Waals surface area contributed by atoms with Crippen LogP contribution in [-0.4, -0.2) is 62.8 Å². The monoisotopic (exact) mass is 495 g/mol. The first-order valence-electron chi connectivity index (χ1n) is 11.4. The molecule has 7 nitrogen and oxygen atoms in total. The van der Waals surface area contributed by atoms with Gasteiger partial charge in [-0.1, -0.05) is 42.5 Å². The molecule has 0 fully saturated rings. The van der Waals surface area contributed by atoms with Crippen molar-refractivity contribution in [3.8, 4) is 11.5 Å². The zero-order valence-corrected chi connectivity index (χ0v) is 20.3. The Labute approximate surface area is 210 Å². The number of carbonyl (C=O) groups excluding carboxylic acids is 1. The molecule has 1 N–H and O–H groups in total. The third-order valence-corrected chi connectivity index (χ3v) is 5.13. The van der Waals surface area contributed by atoms with E-state index in [-0.39, 0.29) is 19.0 Å². The van der Waals surface area contributed by atoms with E-state index in [0.717, 1.165) is 5.56 Å². The summed E-state index contributed by atoms with van der Waals surface area (Å²) in [6, 6.07) is 22.0. The van der Waals surface area contributed by atoms with Crippen molar-refractivity contribution < 1.29 is 33.3 Å². The molecule has 0 aliphatic carbocycles. The summed E-state index contributed by atoms with van der Waals surface area (Å²) in [7, 11) is 2.90. The number of ether oxygens (including phenoxy) is 3. The van der Waals surface area contributed by atoms with Gasteiger partial charge in [0.1, 0.15) is 30.0 Å². The lowest BCUT2D eigenvalue weighted by Crippen LogP contribution is -2.39. The molecule has 36 heavy (non-hydrogen) atoms. The molecular weight excluding hydrogens is 465 g/mol. The Morgan fingerprint density at radius 3 is 2.31 bits per heavy atom. The highest BCUT2D eigenvalue weighted by molar-refractivity contribution is 6.21. The number of hydroxylamine groups is 2. The number of methoxy groups -OCH3 is 2. The lowest BCUT2D eigenvalue weighted by atomic mass is 10.0. The summed E-state index contributed by atoms with van der Waals surface area (Å²) < 4.78 is 29.0. The number of nitrogens with zero attached hydrogens (tertiary/aromatic N) is 1. The minimum atomic E-state index is -0.811. The second-order valence-electron chi connectivity index (χ2n) is 7.88. The van der Waals surface area contributed by atoms with Crippen LogP contribution in [0.3, 0.4) is 0 Å². The van der Waals surface area contributed by atoms with Gasteiger partial charge in [-0.3, -0.25) is 0 Å². The van der Waals surface area contributed by atoms with Gasteiger partial charge in [0.25, 0.3) is 0 Å². The zero-order valence-electron chi connectivity index (χ0n) is 20.3. The number of carbonyl (C=O) groups is 1. The van der Waals surface area contributed by atoms with Crippen LogP contribution in [0.2, 0.25) is 0 Å². The number of para-hydroxylation sites is 1. The molecule has 0 bridgehead atoms. The van der Waals surface area contributed by atoms with Gasteiger partial charge in [0.15, 0.2) is 0 Å². The number of halogens is 1. The van der Waals surface area contributed by atoms with Crippen LogP contribution in [0.1, 0.15) is 11.1 Å². The van der Waals surface area contributed by atoms with E-state index in [1.807, 2.05) is 30.3 Å². The number of aliphatic hydroxyl groups excluding tert-OH is 1. The number of esters is 1. The number of rotatable bonds is 13. The Balaban J connectivity index is 1.59. The van der Waals surface area contributed by atoms with Crippen molar-refractivity contribution in [3.63, 3.8) is 0 Å². The Hall–Kier alpha value is -3.72. The number of benzene rings is 3. The summed E-state index contributed by atoms with van der Waals surface area (Å²) in [6.07, 6.45) is 0.848. The maximum atomic E-state index is 13.3. The molecule has 0 spiro atoms. The summed E-state index contributed by atoms with van der Waals surface area (Å²) in [6.45, 7) is 1.19. The fourth-order valence-corrected chi connectivity index (χ4v) is 3.30. The maximum absolute atomic E-state index is 13.3. The van der Waals surface area contributed by atoms with Gasteiger partial charge in [-0.05, 0) is 53.6 Å². The number of hydrogen-bond donors (Lipinski definition) is 1. The normalized spacial score (nSPS) is 12.3. The van der Waals surface area contributed by atoms with Crippen LogP contribution >= 0.6 is 0 Å². The molecule has 1 atom stereocenters. The van der Waals surface area contributed by atoms with Crippen LogP contribution in [0.5, 0.6) is 11.5 Å². The Kier molecular flexibility index (Phi) is 10.4. The average molecular weight is 496 g/mol. The van der Waals surface area contributed by atoms with Crippen LogP contribution in [0.4, 0.5) is 4.39 Å². The summed E-state index contributed by atoms with van der Waals surface area (Å²) >= 11 is 0. The molecule has 0 saturated heterocycles. The van der Waals surface area contributed by atoms with Crippen molar-refractivity contribution >= 4 is 17.6 Å². The minimum Gasteiger partial charge on any atom is -0.491 e. The Morgan fingerprint density at radius 2 is 1.67 bits per heavy atom. The van der Waals surface area contributed by atoms with E-state index in [2.05, 4.69) is 0 Å². The number of hydrogen-bond acceptors (Lipinski definition) is 7. The fraction of sp³-hybridized carbons (Fsp3) is 0.250. The standard InChI is InChI=1S/C28H30FNO6/c1-33-17-16-30(36-26-6-4-3-5-7-26)19-24(31)20-35-25-14-8-21(9-15-25)18-27(28(32)34-2)22-10-12-23(29)13-11-22/h3-15,18,24,31H,16-17,19-20H2,1-2H3/b27-18+. The SMILES string of the molecule is COCCN(CC(O)COc1ccc(/C=C(/C(=O)OC)c2ccc(F)cc2)cc1)Oc1ccccc1. The van der Waals surface area contributed by atoms with Crippen molar-refractivity contribution in [2.75, 3.05) is 40.5 Å². The van der Waals surface area contributed by atoms with E-state index in [1.54, 1.807) is 42.5 Å². The quantitative estimate of drug-likeness (QED) is 0.165. The molecule has 3 rings (SSSR count). The molecule has 0 amide bonds. The van der Waals surface area contributed by atoms with E-state index in [9.17, 15) is 14.3 Å². The topological polar surface area (TPSA) is 77.5 Å². The first-order valence-corrected chi connectivity index (χ1v) is 11.4. The molecule has 3 aromatic rings. The van der Waals surface area contributed by atoms with Gasteiger partial charge in [-0.25, -0.2) is 9.18 Å². The second kappa shape index (κ2) is 14.0. The highest BCUT2D eigenvalue weighted by Gasteiger charge is 2.15. The first-order chi connectivity index (χ1) is 17.5. The van der Waals surface area contributed by atoms with Crippen molar-refractivity contribution in [2.45, 2.75) is 6.10 Å². The minimum absolute atomic E-state index is 0.0554. The van der Waals surface area contributed by atoms with Gasteiger partial charge < -0.3 is 24.2 Å². The van der Waals surface area contributed by atoms with E-state index < -0.39 is 12.1 Å². The van der Waals surface area contributed by atoms with Gasteiger partial charge in [0.2, 0.25) is 0 Å². The first kappa shape index (κ1) is 26.9. The fourth-order valence-electron chi connectivity index (χ4n) is 3.30. The van der Waals surface area contributed by atoms with E-state index in [4.69, 9.17) is 19.0 Å². The van der Waals surface area contributed by atoms with Crippen LogP contribution in [0.15, 0.2) is 78.9 Å². The van der Waals surface area contributed by atoms with Crippen LogP contribution < -0.4 is 9.57 Å². The van der Waals surface area contributed by atoms with Crippen molar-refractivity contribution in [1.29, 1.82) is 0 Å². The molecule has 190 valence electrons. The third kappa shape index (κ3) is 8.49. The highest BCUT2D eigenvalue weighted by Crippen LogP contribution is 2.22. The zero-order chi connectivity index (χ0) is 25.8. The summed E-state index contributed by atoms with van der Waals surface area (Å²) in [5, 5.41) is 12.1. The Morgan fingerprint density at radius 1 is 0.972 bits per heavy atom. The smallest absolute Gasteiger partial charge is 0.338 e. The molecule has 0 aromatic heterocycles. The molecule has 0 heterocycles. The van der Waals surface area contributed by atoms with Gasteiger partial charge >= 0.3 is 5.97 Å². The summed E-state index contributed by atoms with van der Waals surface area (Å²) in [5.41, 5.74) is 1.58. The van der Waals surface area contributed by atoms with Gasteiger partial charge in [-0.15, -0.1) is 5.06 Å². The molecule has 3 aromatic carbocycles. The molecule has 1 unspecified atom stereocenters. The molecule has 8 heteroatoms. The van der Waals surface area contributed by atoms with Crippen LogP contribution in [0, 0.1) is 5.82 Å². The van der Waals surface area contributed by atoms with Crippen molar-refractivity contribution in [1.82, 2.24) is 5.06 Å². The maximum Gasteiger partial charge on any atom is 0.338 e. The average Bonchev–Trinajstić information content (AvgIpc) is 2.90. The van der Waals surface area contributed by atoms with Crippen LogP contribution in [0.25, 0.3) is 11.6 Å². The third-order valence-electron chi connectivity index (χ3n) is 5.13. The van der Waals surface area contributed by atoms with Crippen molar-refractivity contribution in [3.05, 3.63) is 95.8 Å². The predicted molar refractivity (Wildman–Crippen MR) is 135 cm³/mol. The summed E-state index contributed by atoms with van der Waals surface area (Å²) in [4.78, 5) is 18.1. The predicted octanol–water partition coefficient (Wildman–Crippen LogP) is 4.22. The lowest BCUT2D eigenvalue weighted by Gasteiger charge is -2.24. The van der Waals surface area contributed by atoms with Crippen LogP contribution in [-0.2, 0) is 14.3 Å². The largest absolute Gasteiger partial charge is 0.491 e. The van der Waals surface area contributed by atoms with Gasteiger partial charge in [0.05, 0.1) is 32.4 Å². The summed E-state index contributed by atoms with van der Waals surface area (Å²) in [5.74, 6) is 0.304. The molecule has 0 saturated carbocycles. The van der Waals surface area contributed by atoms with E-state index >= 15 is 0 Å². The molecule has 0 aliphatic heterocycles. The molecule has 0 radical (unpaired) electrons. The van der Waals surface area contributed by atoms with E-state index in [0.29, 0.717) is 35.8 Å². The van der Waals surface area contributed by atoms with Crippen molar-refractivity contribution in [2.24, 2.45) is 0 Å². The van der Waals surface area contributed by atoms with Gasteiger partial charge in [0, 0.05) is 7.11 Å². The Bertz CT molecular complexity index is 1100. The van der Waals surface area contributed by atoms with E-state index in [1.165, 1.54) is 31.4 Å². The van der Waals surface area contributed by atoms with Gasteiger partial charge in [-0.2, -0.15) is 0 Å². The number of aliphatic hydroxyl groups is 1. The lowest BCUT2D eigenvalue weighted by molar-refractivity contribution is -0.133. The molecular formula is C28H30FNO6. The highest BCUT2D eigenvalue weighted by atomic mass is 19.1.